The van der Waals surface area contributed by atoms with Crippen molar-refractivity contribution in [2.45, 2.75) is 35.9 Å². The first-order valence-electron chi connectivity index (χ1n) is 13.2. The molecule has 0 spiro atoms. The number of aromatic nitrogens is 4. The number of anilines is 1. The van der Waals surface area contributed by atoms with E-state index in [1.165, 1.54) is 28.9 Å². The molecule has 0 atom stereocenters. The molecule has 10 heteroatoms. The first kappa shape index (κ1) is 24.3. The second kappa shape index (κ2) is 10.1. The molecule has 196 valence electrons. The average molecular weight is 555 g/mol. The Bertz CT molecular complexity index is 1670. The van der Waals surface area contributed by atoms with Gasteiger partial charge >= 0.3 is 0 Å². The predicted octanol–water partition coefficient (Wildman–Crippen LogP) is 5.62. The molecule has 1 fully saturated rings. The Labute approximate surface area is 233 Å². The lowest BCUT2D eigenvalue weighted by molar-refractivity contribution is 0.0603. The van der Waals surface area contributed by atoms with Gasteiger partial charge in [0.25, 0.3) is 11.8 Å². The third kappa shape index (κ3) is 4.47. The van der Waals surface area contributed by atoms with E-state index in [9.17, 15) is 9.59 Å². The van der Waals surface area contributed by atoms with Crippen LogP contribution in [0.1, 0.15) is 45.7 Å². The number of imide groups is 1. The zero-order chi connectivity index (χ0) is 26.3. The summed E-state index contributed by atoms with van der Waals surface area (Å²) in [4.78, 5) is 35.4. The van der Waals surface area contributed by atoms with Gasteiger partial charge in [-0.2, -0.15) is 0 Å². The van der Waals surface area contributed by atoms with Gasteiger partial charge in [0, 0.05) is 59.2 Å². The zero-order valence-corrected chi connectivity index (χ0v) is 22.9. The van der Waals surface area contributed by atoms with E-state index in [4.69, 9.17) is 0 Å². The molecule has 0 saturated carbocycles. The second-order valence-corrected chi connectivity index (χ2v) is 12.1. The summed E-state index contributed by atoms with van der Waals surface area (Å²) in [5, 5.41) is 10.3. The summed E-state index contributed by atoms with van der Waals surface area (Å²) in [5.74, 6) is 0.150. The molecule has 5 aromatic rings. The highest BCUT2D eigenvalue weighted by Gasteiger charge is 2.33. The lowest BCUT2D eigenvalue weighted by Crippen LogP contribution is -2.42. The van der Waals surface area contributed by atoms with Crippen molar-refractivity contribution in [3.63, 3.8) is 0 Å². The number of carbonyl (C=O) groups is 2. The number of hydrogen-bond acceptors (Lipinski definition) is 8. The van der Waals surface area contributed by atoms with Gasteiger partial charge in [-0.15, -0.1) is 16.4 Å². The highest BCUT2D eigenvalue weighted by atomic mass is 32.2. The Balaban J connectivity index is 1.06. The number of carbonyl (C=O) groups excluding carboxylic acids is 2. The van der Waals surface area contributed by atoms with E-state index in [1.807, 2.05) is 54.7 Å². The van der Waals surface area contributed by atoms with Gasteiger partial charge in [-0.3, -0.25) is 19.2 Å². The maximum atomic E-state index is 13.5. The lowest BCUT2D eigenvalue weighted by atomic mass is 9.92. The Morgan fingerprint density at radius 2 is 1.69 bits per heavy atom. The van der Waals surface area contributed by atoms with E-state index >= 15 is 0 Å². The summed E-state index contributed by atoms with van der Waals surface area (Å²) in [6.07, 6.45) is 5.45. The number of para-hydroxylation sites is 1. The van der Waals surface area contributed by atoms with Crippen LogP contribution in [0.4, 0.5) is 5.69 Å². The molecule has 39 heavy (non-hydrogen) atoms. The van der Waals surface area contributed by atoms with Crippen LogP contribution in [0.25, 0.3) is 21.0 Å². The van der Waals surface area contributed by atoms with Gasteiger partial charge in [-0.1, -0.05) is 41.2 Å². The average Bonchev–Trinajstić information content (AvgIpc) is 3.61. The SMILES string of the molecule is O=C1c2cccc3c(N4CCCCC4)ccc(c23)C(=O)N1CCn1cc(CSc2nc3ccccc3s2)nn1. The van der Waals surface area contributed by atoms with Gasteiger partial charge in [0.15, 0.2) is 4.34 Å². The zero-order valence-electron chi connectivity index (χ0n) is 21.2. The molecule has 2 aliphatic heterocycles. The molecule has 8 nitrogen and oxygen atoms in total. The van der Waals surface area contributed by atoms with Gasteiger partial charge in [-0.25, -0.2) is 4.98 Å². The summed E-state index contributed by atoms with van der Waals surface area (Å²) in [6.45, 7) is 2.63. The van der Waals surface area contributed by atoms with Crippen LogP contribution < -0.4 is 4.90 Å². The molecule has 0 aliphatic carbocycles. The third-order valence-electron chi connectivity index (χ3n) is 7.42. The van der Waals surface area contributed by atoms with Crippen molar-refractivity contribution in [2.24, 2.45) is 0 Å². The number of piperidine rings is 1. The number of thiazole rings is 1. The van der Waals surface area contributed by atoms with Crippen molar-refractivity contribution < 1.29 is 9.59 Å². The van der Waals surface area contributed by atoms with Crippen LogP contribution in [0.3, 0.4) is 0 Å². The summed E-state index contributed by atoms with van der Waals surface area (Å²) >= 11 is 3.30. The monoisotopic (exact) mass is 554 g/mol. The Hall–Kier alpha value is -3.76. The number of thioether (sulfide) groups is 1. The molecule has 3 aromatic carbocycles. The summed E-state index contributed by atoms with van der Waals surface area (Å²) in [7, 11) is 0. The van der Waals surface area contributed by atoms with E-state index in [-0.39, 0.29) is 18.4 Å². The first-order valence-corrected chi connectivity index (χ1v) is 15.0. The number of fused-ring (bicyclic) bond motifs is 1. The third-order valence-corrected chi connectivity index (χ3v) is 9.64. The molecule has 0 N–H and O–H groups in total. The van der Waals surface area contributed by atoms with Crippen molar-refractivity contribution >= 4 is 61.6 Å². The summed E-state index contributed by atoms with van der Waals surface area (Å²) in [6, 6.07) is 17.8. The largest absolute Gasteiger partial charge is 0.371 e. The van der Waals surface area contributed by atoms with E-state index in [1.54, 1.807) is 27.8 Å². The minimum Gasteiger partial charge on any atom is -0.371 e. The smallest absolute Gasteiger partial charge is 0.261 e. The molecule has 0 unspecified atom stereocenters. The van der Waals surface area contributed by atoms with Crippen molar-refractivity contribution in [3.05, 3.63) is 77.6 Å². The van der Waals surface area contributed by atoms with Gasteiger partial charge < -0.3 is 4.90 Å². The van der Waals surface area contributed by atoms with Gasteiger partial charge in [0.2, 0.25) is 0 Å². The molecular weight excluding hydrogens is 528 g/mol. The molecule has 7 rings (SSSR count). The van der Waals surface area contributed by atoms with Crippen molar-refractivity contribution in [1.29, 1.82) is 0 Å². The maximum Gasteiger partial charge on any atom is 0.261 e. The molecule has 0 bridgehead atoms. The van der Waals surface area contributed by atoms with Crippen molar-refractivity contribution in [2.75, 3.05) is 24.5 Å². The fraction of sp³-hybridized carbons (Fsp3) is 0.276. The predicted molar refractivity (Wildman–Crippen MR) is 155 cm³/mol. The molecule has 0 radical (unpaired) electrons. The molecule has 4 heterocycles. The summed E-state index contributed by atoms with van der Waals surface area (Å²) < 4.78 is 3.86. The number of nitrogens with zero attached hydrogens (tertiary/aromatic N) is 6. The molecular formula is C29H26N6O2S2. The molecule has 2 aromatic heterocycles. The van der Waals surface area contributed by atoms with E-state index in [0.717, 1.165) is 45.1 Å². The topological polar surface area (TPSA) is 84.2 Å². The van der Waals surface area contributed by atoms with Crippen molar-refractivity contribution in [1.82, 2.24) is 24.9 Å². The fourth-order valence-corrected chi connectivity index (χ4v) is 7.45. The first-order chi connectivity index (χ1) is 19.2. The van der Waals surface area contributed by atoms with Crippen LogP contribution >= 0.6 is 23.1 Å². The second-order valence-electron chi connectivity index (χ2n) is 9.88. The minimum absolute atomic E-state index is 0.231. The van der Waals surface area contributed by atoms with Crippen LogP contribution in [0.2, 0.25) is 0 Å². The van der Waals surface area contributed by atoms with Crippen molar-refractivity contribution in [3.8, 4) is 0 Å². The van der Waals surface area contributed by atoms with Gasteiger partial charge in [-0.05, 0) is 49.6 Å². The van der Waals surface area contributed by atoms with E-state index in [0.29, 0.717) is 23.4 Å². The fourth-order valence-electron chi connectivity index (χ4n) is 5.51. The number of benzene rings is 3. The maximum absolute atomic E-state index is 13.5. The van der Waals surface area contributed by atoms with E-state index < -0.39 is 0 Å². The van der Waals surface area contributed by atoms with Crippen LogP contribution in [0.5, 0.6) is 0 Å². The van der Waals surface area contributed by atoms with Gasteiger partial charge in [0.05, 0.1) is 22.5 Å². The highest BCUT2D eigenvalue weighted by molar-refractivity contribution is 8.00. The standard InChI is InChI=1S/C29H26N6O2S2/c36-27-21-8-6-7-20-24(33-13-4-1-5-14-33)12-11-22(26(20)21)28(37)35(27)16-15-34-17-19(31-32-34)18-38-29-30-23-9-2-3-10-25(23)39-29/h2-3,6-12,17H,1,4-5,13-16,18H2. The Morgan fingerprint density at radius 1 is 0.872 bits per heavy atom. The quantitative estimate of drug-likeness (QED) is 0.191. The molecule has 1 saturated heterocycles. The normalized spacial score (nSPS) is 15.6. The van der Waals surface area contributed by atoms with Gasteiger partial charge in [0.1, 0.15) is 0 Å². The number of rotatable bonds is 7. The number of hydrogen-bond donors (Lipinski definition) is 0. The lowest BCUT2D eigenvalue weighted by Gasteiger charge is -2.32. The Morgan fingerprint density at radius 3 is 2.54 bits per heavy atom. The number of amides is 2. The molecule has 2 aliphatic rings. The van der Waals surface area contributed by atoms with Crippen LogP contribution in [0.15, 0.2) is 65.1 Å². The Kier molecular flexibility index (Phi) is 6.28. The van der Waals surface area contributed by atoms with Crippen LogP contribution in [-0.4, -0.2) is 56.3 Å². The summed E-state index contributed by atoms with van der Waals surface area (Å²) in [5.41, 5.74) is 4.13. The highest BCUT2D eigenvalue weighted by Crippen LogP contribution is 2.37. The van der Waals surface area contributed by atoms with Crippen LogP contribution in [-0.2, 0) is 12.3 Å². The van der Waals surface area contributed by atoms with Crippen LogP contribution in [0, 0.1) is 0 Å². The van der Waals surface area contributed by atoms with E-state index in [2.05, 4.69) is 26.3 Å². The molecule has 2 amide bonds. The minimum atomic E-state index is -0.249.